The van der Waals surface area contributed by atoms with Gasteiger partial charge in [0.25, 0.3) is 0 Å². The Bertz CT molecular complexity index is 516. The van der Waals surface area contributed by atoms with Crippen LogP contribution in [0.5, 0.6) is 0 Å². The lowest BCUT2D eigenvalue weighted by Crippen LogP contribution is -2.10. The fourth-order valence-electron chi connectivity index (χ4n) is 2.31. The molecule has 0 saturated heterocycles. The maximum atomic E-state index is 2.27. The first-order chi connectivity index (χ1) is 8.97. The van der Waals surface area contributed by atoms with Gasteiger partial charge in [-0.25, -0.2) is 0 Å². The van der Waals surface area contributed by atoms with Gasteiger partial charge < -0.3 is 0 Å². The molecule has 0 bridgehead atoms. The molecule has 0 heteroatoms. The van der Waals surface area contributed by atoms with Gasteiger partial charge in [-0.3, -0.25) is 0 Å². The molecule has 0 aromatic heterocycles. The lowest BCUT2D eigenvalue weighted by Gasteiger charge is -2.19. The summed E-state index contributed by atoms with van der Waals surface area (Å²) in [6.07, 6.45) is 11.0. The maximum Gasteiger partial charge on any atom is -0.0132 e. The van der Waals surface area contributed by atoms with E-state index >= 15 is 0 Å². The smallest absolute Gasteiger partial charge is 0.0132 e. The highest BCUT2D eigenvalue weighted by Crippen LogP contribution is 2.27. The van der Waals surface area contributed by atoms with Gasteiger partial charge in [-0.1, -0.05) is 74.9 Å². The molecule has 0 aliphatic heterocycles. The molecule has 19 heavy (non-hydrogen) atoms. The zero-order valence-corrected chi connectivity index (χ0v) is 12.5. The largest absolute Gasteiger partial charge is 0.0730 e. The van der Waals surface area contributed by atoms with Crippen LogP contribution in [0.15, 0.2) is 54.1 Å². The lowest BCUT2D eigenvalue weighted by atomic mass is 9.85. The number of hydrogen-bond acceptors (Lipinski definition) is 0. The van der Waals surface area contributed by atoms with Crippen molar-refractivity contribution in [2.24, 2.45) is 0 Å². The topological polar surface area (TPSA) is 0 Å². The highest BCUT2D eigenvalue weighted by molar-refractivity contribution is 5.68. The molecule has 1 aromatic rings. The highest BCUT2D eigenvalue weighted by Gasteiger charge is 2.13. The molecule has 100 valence electrons. The van der Waals surface area contributed by atoms with Gasteiger partial charge in [0.15, 0.2) is 0 Å². The number of benzene rings is 1. The van der Waals surface area contributed by atoms with Crippen molar-refractivity contribution in [3.05, 3.63) is 65.3 Å². The third-order valence-corrected chi connectivity index (χ3v) is 3.70. The van der Waals surface area contributed by atoms with Crippen LogP contribution in [0.3, 0.4) is 0 Å². The van der Waals surface area contributed by atoms with Crippen LogP contribution in [0.1, 0.15) is 51.7 Å². The zero-order chi connectivity index (χ0) is 13.9. The number of rotatable bonds is 1. The Kier molecular flexibility index (Phi) is 4.09. The van der Waals surface area contributed by atoms with Gasteiger partial charge in [0.05, 0.1) is 0 Å². The van der Waals surface area contributed by atoms with Crippen LogP contribution in [0.4, 0.5) is 0 Å². The molecule has 0 atom stereocenters. The Morgan fingerprint density at radius 2 is 1.47 bits per heavy atom. The Hall–Kier alpha value is -1.56. The van der Waals surface area contributed by atoms with Gasteiger partial charge in [0.1, 0.15) is 0 Å². The van der Waals surface area contributed by atoms with Crippen LogP contribution in [-0.2, 0) is 5.41 Å². The van der Waals surface area contributed by atoms with E-state index in [9.17, 15) is 0 Å². The fourth-order valence-corrected chi connectivity index (χ4v) is 2.31. The van der Waals surface area contributed by atoms with E-state index in [1.807, 2.05) is 0 Å². The average molecular weight is 252 g/mol. The minimum Gasteiger partial charge on any atom is -0.0730 e. The van der Waals surface area contributed by atoms with Crippen molar-refractivity contribution in [2.75, 3.05) is 0 Å². The predicted molar refractivity (Wildman–Crippen MR) is 85.3 cm³/mol. The van der Waals surface area contributed by atoms with Crippen molar-refractivity contribution in [3.8, 4) is 0 Å². The van der Waals surface area contributed by atoms with E-state index in [4.69, 9.17) is 0 Å². The van der Waals surface area contributed by atoms with E-state index in [0.717, 1.165) is 12.8 Å². The van der Waals surface area contributed by atoms with Gasteiger partial charge in [0.2, 0.25) is 0 Å². The molecule has 0 nitrogen and oxygen atoms in total. The van der Waals surface area contributed by atoms with Crippen LogP contribution in [0.25, 0.3) is 5.57 Å². The minimum atomic E-state index is 0.229. The first-order valence-corrected chi connectivity index (χ1v) is 7.11. The molecule has 0 spiro atoms. The SMILES string of the molecule is CC1=CC=CC=C(c2ccc(C(C)(C)C)cc2)CC1. The first kappa shape index (κ1) is 13.9. The average Bonchev–Trinajstić information content (AvgIpc) is 2.34. The van der Waals surface area contributed by atoms with Crippen molar-refractivity contribution < 1.29 is 0 Å². The Labute approximate surface area is 117 Å². The van der Waals surface area contributed by atoms with Gasteiger partial charge in [-0.15, -0.1) is 0 Å². The molecular weight excluding hydrogens is 228 g/mol. The minimum absolute atomic E-state index is 0.229. The maximum absolute atomic E-state index is 2.27. The van der Waals surface area contributed by atoms with Crippen molar-refractivity contribution in [2.45, 2.75) is 46.0 Å². The van der Waals surface area contributed by atoms with Crippen LogP contribution >= 0.6 is 0 Å². The summed E-state index contributed by atoms with van der Waals surface area (Å²) in [5.41, 5.74) is 5.87. The molecular formula is C19H24. The molecule has 0 unspecified atom stereocenters. The van der Waals surface area contributed by atoms with Crippen molar-refractivity contribution in [1.82, 2.24) is 0 Å². The molecule has 2 rings (SSSR count). The summed E-state index contributed by atoms with van der Waals surface area (Å²) in [4.78, 5) is 0. The van der Waals surface area contributed by atoms with Gasteiger partial charge >= 0.3 is 0 Å². The van der Waals surface area contributed by atoms with E-state index in [0.29, 0.717) is 0 Å². The summed E-state index contributed by atoms with van der Waals surface area (Å²) in [7, 11) is 0. The normalized spacial score (nSPS) is 16.4. The lowest BCUT2D eigenvalue weighted by molar-refractivity contribution is 0.590. The molecule has 0 amide bonds. The van der Waals surface area contributed by atoms with Crippen LogP contribution in [-0.4, -0.2) is 0 Å². The van der Waals surface area contributed by atoms with Crippen molar-refractivity contribution >= 4 is 5.57 Å². The van der Waals surface area contributed by atoms with Crippen molar-refractivity contribution in [1.29, 1.82) is 0 Å². The fraction of sp³-hybridized carbons (Fsp3) is 0.368. The molecule has 1 aliphatic carbocycles. The van der Waals surface area contributed by atoms with E-state index in [1.54, 1.807) is 0 Å². The molecule has 1 aliphatic rings. The van der Waals surface area contributed by atoms with E-state index in [-0.39, 0.29) is 5.41 Å². The van der Waals surface area contributed by atoms with E-state index in [2.05, 4.69) is 76.3 Å². The Morgan fingerprint density at radius 1 is 0.842 bits per heavy atom. The van der Waals surface area contributed by atoms with Crippen LogP contribution in [0.2, 0.25) is 0 Å². The van der Waals surface area contributed by atoms with Crippen LogP contribution in [0, 0.1) is 0 Å². The predicted octanol–water partition coefficient (Wildman–Crippen LogP) is 5.66. The first-order valence-electron chi connectivity index (χ1n) is 7.11. The number of hydrogen-bond donors (Lipinski definition) is 0. The molecule has 1 aromatic carbocycles. The Morgan fingerprint density at radius 3 is 2.11 bits per heavy atom. The standard InChI is InChI=1S/C19H24/c1-15-7-5-6-8-16(10-9-15)17-11-13-18(14-12-17)19(2,3)4/h5-8,11-14H,9-10H2,1-4H3. The molecule has 0 fully saturated rings. The van der Waals surface area contributed by atoms with Gasteiger partial charge in [-0.05, 0) is 41.9 Å². The third kappa shape index (κ3) is 3.70. The van der Waals surface area contributed by atoms with Gasteiger partial charge in [0, 0.05) is 0 Å². The summed E-state index contributed by atoms with van der Waals surface area (Å²) >= 11 is 0. The Balaban J connectivity index is 2.23. The molecule has 0 N–H and O–H groups in total. The second-order valence-corrected chi connectivity index (χ2v) is 6.42. The monoisotopic (exact) mass is 252 g/mol. The summed E-state index contributed by atoms with van der Waals surface area (Å²) in [6.45, 7) is 8.98. The summed E-state index contributed by atoms with van der Waals surface area (Å²) in [6, 6.07) is 9.06. The van der Waals surface area contributed by atoms with Gasteiger partial charge in [-0.2, -0.15) is 0 Å². The summed E-state index contributed by atoms with van der Waals surface area (Å²) < 4.78 is 0. The molecule has 0 heterocycles. The summed E-state index contributed by atoms with van der Waals surface area (Å²) in [5.74, 6) is 0. The number of allylic oxidation sites excluding steroid dienone is 6. The second kappa shape index (κ2) is 5.61. The quantitative estimate of drug-likeness (QED) is 0.604. The van der Waals surface area contributed by atoms with E-state index < -0.39 is 0 Å². The second-order valence-electron chi connectivity index (χ2n) is 6.42. The zero-order valence-electron chi connectivity index (χ0n) is 12.5. The van der Waals surface area contributed by atoms with E-state index in [1.165, 1.54) is 22.3 Å². The highest BCUT2D eigenvalue weighted by atomic mass is 14.2. The third-order valence-electron chi connectivity index (χ3n) is 3.70. The van der Waals surface area contributed by atoms with Crippen LogP contribution < -0.4 is 0 Å². The summed E-state index contributed by atoms with van der Waals surface area (Å²) in [5, 5.41) is 0. The molecule has 0 radical (unpaired) electrons. The van der Waals surface area contributed by atoms with Crippen molar-refractivity contribution in [3.63, 3.8) is 0 Å². The molecule has 0 saturated carbocycles.